The molecule has 1 N–H and O–H groups in total. The molecule has 0 fully saturated rings. The second-order valence-electron chi connectivity index (χ2n) is 5.70. The van der Waals surface area contributed by atoms with E-state index in [1.54, 1.807) is 0 Å². The van der Waals surface area contributed by atoms with Crippen molar-refractivity contribution < 1.29 is 4.79 Å². The first-order valence-electron chi connectivity index (χ1n) is 7.82. The molecule has 0 aliphatic rings. The number of amides is 1. The van der Waals surface area contributed by atoms with E-state index >= 15 is 0 Å². The molecule has 6 heteroatoms. The van der Waals surface area contributed by atoms with Crippen LogP contribution in [0.15, 0.2) is 53.6 Å². The number of hydrazone groups is 1. The van der Waals surface area contributed by atoms with E-state index in [0.717, 1.165) is 27.7 Å². The Morgan fingerprint density at radius 1 is 1.16 bits per heavy atom. The maximum Gasteiger partial charge on any atom is 0.273 e. The first kappa shape index (κ1) is 17.5. The minimum absolute atomic E-state index is 0.225. The summed E-state index contributed by atoms with van der Waals surface area (Å²) < 4.78 is 2.76. The van der Waals surface area contributed by atoms with Gasteiger partial charge in [0, 0.05) is 17.1 Å². The zero-order valence-corrected chi connectivity index (χ0v) is 15.8. The van der Waals surface area contributed by atoms with Gasteiger partial charge in [-0.3, -0.25) is 4.79 Å². The number of carbonyl (C=O) groups excluding carboxylic acids is 1. The molecule has 0 saturated heterocycles. The molecule has 1 amide bonds. The zero-order chi connectivity index (χ0) is 18.0. The molecule has 128 valence electrons. The number of hydrogen-bond donors (Lipinski definition) is 1. The second kappa shape index (κ2) is 7.25. The summed E-state index contributed by atoms with van der Waals surface area (Å²) in [6.45, 7) is 5.76. The Kier molecular flexibility index (Phi) is 5.06. The Labute approximate surface area is 155 Å². The number of rotatable bonds is 4. The number of aromatic nitrogens is 1. The van der Waals surface area contributed by atoms with Crippen LogP contribution in [0.2, 0.25) is 4.34 Å². The number of halogens is 1. The number of hydrogen-bond acceptors (Lipinski definition) is 3. The van der Waals surface area contributed by atoms with Crippen LogP contribution in [-0.2, 0) is 0 Å². The quantitative estimate of drug-likeness (QED) is 0.511. The Hall–Kier alpha value is -2.37. The predicted molar refractivity (Wildman–Crippen MR) is 104 cm³/mol. The first-order chi connectivity index (χ1) is 12.0. The smallest absolute Gasteiger partial charge is 0.273 e. The van der Waals surface area contributed by atoms with Gasteiger partial charge in [0.25, 0.3) is 5.91 Å². The Morgan fingerprint density at radius 2 is 1.88 bits per heavy atom. The minimum atomic E-state index is -0.225. The lowest BCUT2D eigenvalue weighted by atomic mass is 10.2. The highest BCUT2D eigenvalue weighted by Gasteiger charge is 2.16. The summed E-state index contributed by atoms with van der Waals surface area (Å²) in [7, 11) is 0. The maximum absolute atomic E-state index is 12.5. The fourth-order valence-corrected chi connectivity index (χ4v) is 3.71. The average molecular weight is 372 g/mol. The number of carbonyl (C=O) groups is 1. The van der Waals surface area contributed by atoms with Gasteiger partial charge in [-0.1, -0.05) is 29.8 Å². The molecule has 0 aliphatic heterocycles. The summed E-state index contributed by atoms with van der Waals surface area (Å²) in [5.41, 5.74) is 6.89. The molecular weight excluding hydrogens is 354 g/mol. The number of benzene rings is 1. The van der Waals surface area contributed by atoms with Crippen LogP contribution in [0, 0.1) is 13.8 Å². The topological polar surface area (TPSA) is 46.4 Å². The minimum Gasteiger partial charge on any atom is -0.318 e. The molecule has 2 aromatic heterocycles. The van der Waals surface area contributed by atoms with E-state index in [1.807, 2.05) is 69.3 Å². The highest BCUT2D eigenvalue weighted by atomic mass is 35.5. The van der Waals surface area contributed by atoms with E-state index < -0.39 is 0 Å². The predicted octanol–water partition coefficient (Wildman–Crippen LogP) is 4.96. The molecule has 2 heterocycles. The van der Waals surface area contributed by atoms with Gasteiger partial charge in [-0.25, -0.2) is 5.43 Å². The highest BCUT2D eigenvalue weighted by Crippen LogP contribution is 2.22. The highest BCUT2D eigenvalue weighted by molar-refractivity contribution is 7.18. The summed E-state index contributed by atoms with van der Waals surface area (Å²) in [6, 6.07) is 15.6. The SMILES string of the molecule is CC(=NNC(=O)c1cc(C)n(-c2ccccc2)c1C)c1ccc(Cl)s1. The Bertz CT molecular complexity index is 941. The number of nitrogens with one attached hydrogen (secondary N) is 1. The number of para-hydroxylation sites is 1. The third-order valence-corrected chi connectivity index (χ3v) is 5.29. The van der Waals surface area contributed by atoms with Crippen molar-refractivity contribution in [3.8, 4) is 5.69 Å². The Morgan fingerprint density at radius 3 is 2.52 bits per heavy atom. The van der Waals surface area contributed by atoms with Crippen LogP contribution in [0.5, 0.6) is 0 Å². The second-order valence-corrected chi connectivity index (χ2v) is 7.41. The number of nitrogens with zero attached hydrogens (tertiary/aromatic N) is 2. The van der Waals surface area contributed by atoms with E-state index in [2.05, 4.69) is 15.1 Å². The summed E-state index contributed by atoms with van der Waals surface area (Å²) in [5, 5.41) is 4.20. The van der Waals surface area contributed by atoms with Crippen molar-refractivity contribution in [2.75, 3.05) is 0 Å². The van der Waals surface area contributed by atoms with E-state index in [9.17, 15) is 4.79 Å². The summed E-state index contributed by atoms with van der Waals surface area (Å²) in [4.78, 5) is 13.5. The molecule has 0 spiro atoms. The van der Waals surface area contributed by atoms with Crippen LogP contribution in [0.1, 0.15) is 33.5 Å². The van der Waals surface area contributed by atoms with Gasteiger partial charge in [-0.05, 0) is 51.1 Å². The number of thiophene rings is 1. The lowest BCUT2D eigenvalue weighted by Crippen LogP contribution is -2.19. The van der Waals surface area contributed by atoms with Gasteiger partial charge in [0.15, 0.2) is 0 Å². The molecule has 0 aliphatic carbocycles. The monoisotopic (exact) mass is 371 g/mol. The fourth-order valence-electron chi connectivity index (χ4n) is 2.73. The van der Waals surface area contributed by atoms with Crippen molar-refractivity contribution in [2.45, 2.75) is 20.8 Å². The fraction of sp³-hybridized carbons (Fsp3) is 0.158. The van der Waals surface area contributed by atoms with Gasteiger partial charge in [0.2, 0.25) is 0 Å². The van der Waals surface area contributed by atoms with E-state index in [4.69, 9.17) is 11.6 Å². The first-order valence-corrected chi connectivity index (χ1v) is 9.01. The summed E-state index contributed by atoms with van der Waals surface area (Å²) >= 11 is 7.37. The van der Waals surface area contributed by atoms with Gasteiger partial charge >= 0.3 is 0 Å². The molecule has 0 bridgehead atoms. The number of aryl methyl sites for hydroxylation is 1. The maximum atomic E-state index is 12.5. The lowest BCUT2D eigenvalue weighted by Gasteiger charge is -2.09. The molecule has 0 radical (unpaired) electrons. The summed E-state index contributed by atoms with van der Waals surface area (Å²) in [5.74, 6) is -0.225. The molecule has 3 rings (SSSR count). The molecular formula is C19H18ClN3OS. The molecule has 0 unspecified atom stereocenters. The summed E-state index contributed by atoms with van der Waals surface area (Å²) in [6.07, 6.45) is 0. The van der Waals surface area contributed by atoms with Crippen molar-refractivity contribution in [3.63, 3.8) is 0 Å². The Balaban J connectivity index is 1.84. The molecule has 1 aromatic carbocycles. The third-order valence-electron chi connectivity index (χ3n) is 3.95. The average Bonchev–Trinajstić information content (AvgIpc) is 3.16. The van der Waals surface area contributed by atoms with Gasteiger partial charge in [0.1, 0.15) is 0 Å². The van der Waals surface area contributed by atoms with Gasteiger partial charge < -0.3 is 4.57 Å². The molecule has 25 heavy (non-hydrogen) atoms. The van der Waals surface area contributed by atoms with Crippen molar-refractivity contribution >= 4 is 34.6 Å². The normalized spacial score (nSPS) is 11.6. The van der Waals surface area contributed by atoms with Crippen LogP contribution < -0.4 is 5.43 Å². The van der Waals surface area contributed by atoms with Crippen LogP contribution in [0.3, 0.4) is 0 Å². The van der Waals surface area contributed by atoms with E-state index in [0.29, 0.717) is 9.90 Å². The van der Waals surface area contributed by atoms with Crippen LogP contribution in [0.4, 0.5) is 0 Å². The van der Waals surface area contributed by atoms with Crippen molar-refractivity contribution in [2.24, 2.45) is 5.10 Å². The molecule has 3 aromatic rings. The molecule has 4 nitrogen and oxygen atoms in total. The van der Waals surface area contributed by atoms with Gasteiger partial charge in [-0.2, -0.15) is 5.10 Å². The van der Waals surface area contributed by atoms with Crippen molar-refractivity contribution in [1.82, 2.24) is 9.99 Å². The lowest BCUT2D eigenvalue weighted by molar-refractivity contribution is 0.0954. The van der Waals surface area contributed by atoms with Gasteiger partial charge in [-0.15, -0.1) is 11.3 Å². The van der Waals surface area contributed by atoms with Crippen molar-refractivity contribution in [1.29, 1.82) is 0 Å². The van der Waals surface area contributed by atoms with Gasteiger partial charge in [0.05, 0.1) is 20.5 Å². The largest absolute Gasteiger partial charge is 0.318 e. The van der Waals surface area contributed by atoms with Crippen LogP contribution >= 0.6 is 22.9 Å². The van der Waals surface area contributed by atoms with Crippen LogP contribution in [0.25, 0.3) is 5.69 Å². The van der Waals surface area contributed by atoms with Crippen molar-refractivity contribution in [3.05, 3.63) is 74.7 Å². The zero-order valence-electron chi connectivity index (χ0n) is 14.2. The van der Waals surface area contributed by atoms with E-state index in [-0.39, 0.29) is 5.91 Å². The van der Waals surface area contributed by atoms with E-state index in [1.165, 1.54) is 11.3 Å². The third kappa shape index (κ3) is 3.67. The molecule has 0 saturated carbocycles. The van der Waals surface area contributed by atoms with Crippen LogP contribution in [-0.4, -0.2) is 16.2 Å². The standard InChI is InChI=1S/C19H18ClN3OS/c1-12-11-16(14(3)23(12)15-7-5-4-6-8-15)19(24)22-21-13(2)17-9-10-18(20)25-17/h4-11H,1-3H3,(H,22,24). The molecule has 0 atom stereocenters.